The fourth-order valence-corrected chi connectivity index (χ4v) is 3.71. The Bertz CT molecular complexity index is 723. The van der Waals surface area contributed by atoms with Crippen molar-refractivity contribution in [2.75, 3.05) is 5.32 Å². The summed E-state index contributed by atoms with van der Waals surface area (Å²) >= 11 is 13.5. The Balaban J connectivity index is 1.74. The molecule has 0 fully saturated rings. The van der Waals surface area contributed by atoms with E-state index in [9.17, 15) is 0 Å². The maximum atomic E-state index is 6.17. The summed E-state index contributed by atoms with van der Waals surface area (Å²) in [6.45, 7) is 2.05. The molecule has 0 spiro atoms. The summed E-state index contributed by atoms with van der Waals surface area (Å²) in [6.07, 6.45) is 3.12. The van der Waals surface area contributed by atoms with Crippen LogP contribution < -0.4 is 5.32 Å². The van der Waals surface area contributed by atoms with E-state index >= 15 is 0 Å². The van der Waals surface area contributed by atoms with Crippen LogP contribution in [0.3, 0.4) is 0 Å². The van der Waals surface area contributed by atoms with E-state index in [4.69, 9.17) is 27.6 Å². The second-order valence-corrected chi connectivity index (χ2v) is 6.87. The Morgan fingerprint density at radius 1 is 1.24 bits per heavy atom. The maximum absolute atomic E-state index is 6.17. The van der Waals surface area contributed by atoms with E-state index in [2.05, 4.69) is 17.2 Å². The monoisotopic (exact) mass is 338 g/mol. The number of benzene rings is 1. The Morgan fingerprint density at radius 2 is 2.00 bits per heavy atom. The minimum atomic E-state index is 0.0809. The molecule has 0 aliphatic rings. The zero-order chi connectivity index (χ0) is 14.8. The van der Waals surface area contributed by atoms with E-state index < -0.39 is 0 Å². The highest BCUT2D eigenvalue weighted by Crippen LogP contribution is 2.36. The second-order valence-electron chi connectivity index (χ2n) is 4.59. The molecule has 0 saturated heterocycles. The zero-order valence-corrected chi connectivity index (χ0v) is 13.5. The number of oxazole rings is 1. The summed E-state index contributed by atoms with van der Waals surface area (Å²) in [5, 5.41) is 3.40. The van der Waals surface area contributed by atoms with Crippen LogP contribution in [-0.2, 0) is 0 Å². The Kier molecular flexibility index (Phi) is 4.19. The number of aromatic nitrogens is 1. The summed E-state index contributed by atoms with van der Waals surface area (Å²) in [4.78, 5) is 3.91. The average molecular weight is 339 g/mol. The van der Waals surface area contributed by atoms with Crippen LogP contribution in [0, 0.1) is 0 Å². The van der Waals surface area contributed by atoms with Gasteiger partial charge in [0.25, 0.3) is 0 Å². The van der Waals surface area contributed by atoms with Crippen molar-refractivity contribution in [1.29, 1.82) is 0 Å². The molecule has 0 amide bonds. The number of anilines is 1. The number of thiophene rings is 1. The van der Waals surface area contributed by atoms with Crippen LogP contribution >= 0.6 is 34.5 Å². The molecular formula is C15H12Cl2N2OS. The molecule has 0 saturated carbocycles. The molecule has 0 aliphatic carbocycles. The van der Waals surface area contributed by atoms with Gasteiger partial charge in [-0.15, -0.1) is 11.3 Å². The Hall–Kier alpha value is -1.49. The zero-order valence-electron chi connectivity index (χ0n) is 11.1. The van der Waals surface area contributed by atoms with E-state index in [1.165, 1.54) is 17.7 Å². The fourth-order valence-electron chi connectivity index (χ4n) is 2.07. The summed E-state index contributed by atoms with van der Waals surface area (Å²) in [5.41, 5.74) is 3.00. The van der Waals surface area contributed by atoms with Gasteiger partial charge >= 0.3 is 0 Å². The first kappa shape index (κ1) is 14.4. The molecule has 1 unspecified atom stereocenters. The first-order chi connectivity index (χ1) is 10.1. The third-order valence-corrected chi connectivity index (χ3v) is 4.65. The van der Waals surface area contributed by atoms with E-state index in [0.29, 0.717) is 4.34 Å². The molecule has 3 aromatic rings. The highest BCUT2D eigenvalue weighted by Gasteiger charge is 2.13. The minimum Gasteiger partial charge on any atom is -0.444 e. The van der Waals surface area contributed by atoms with Gasteiger partial charge in [-0.1, -0.05) is 23.2 Å². The van der Waals surface area contributed by atoms with Gasteiger partial charge in [-0.05, 0) is 37.3 Å². The average Bonchev–Trinajstić information content (AvgIpc) is 3.09. The van der Waals surface area contributed by atoms with Crippen molar-refractivity contribution in [2.45, 2.75) is 13.0 Å². The number of hydrogen-bond donors (Lipinski definition) is 1. The third kappa shape index (κ3) is 3.23. The van der Waals surface area contributed by atoms with Gasteiger partial charge in [0, 0.05) is 16.8 Å². The molecule has 1 aromatic carbocycles. The molecule has 3 nitrogen and oxygen atoms in total. The van der Waals surface area contributed by atoms with Crippen LogP contribution in [0.25, 0.3) is 11.3 Å². The smallest absolute Gasteiger partial charge is 0.181 e. The summed E-state index contributed by atoms with van der Waals surface area (Å²) in [6, 6.07) is 9.94. The summed E-state index contributed by atoms with van der Waals surface area (Å²) in [7, 11) is 0. The lowest BCUT2D eigenvalue weighted by Crippen LogP contribution is -2.05. The van der Waals surface area contributed by atoms with Gasteiger partial charge in [0.2, 0.25) is 0 Å². The van der Waals surface area contributed by atoms with E-state index in [1.54, 1.807) is 6.20 Å². The molecule has 2 aromatic heterocycles. The van der Waals surface area contributed by atoms with Gasteiger partial charge in [-0.25, -0.2) is 4.98 Å². The van der Waals surface area contributed by atoms with Crippen molar-refractivity contribution in [3.63, 3.8) is 0 Å². The highest BCUT2D eigenvalue weighted by molar-refractivity contribution is 7.20. The van der Waals surface area contributed by atoms with Crippen LogP contribution in [0.4, 0.5) is 5.69 Å². The van der Waals surface area contributed by atoms with E-state index in [1.807, 2.05) is 30.3 Å². The van der Waals surface area contributed by atoms with Crippen LogP contribution in [-0.4, -0.2) is 4.98 Å². The molecule has 0 radical (unpaired) electrons. The number of nitrogens with one attached hydrogen (secondary N) is 1. The molecule has 0 bridgehead atoms. The number of hydrogen-bond acceptors (Lipinski definition) is 4. The van der Waals surface area contributed by atoms with Crippen LogP contribution in [0.5, 0.6) is 0 Å². The lowest BCUT2D eigenvalue weighted by Gasteiger charge is -2.15. The molecule has 2 heterocycles. The van der Waals surface area contributed by atoms with Crippen molar-refractivity contribution in [3.05, 3.63) is 57.2 Å². The minimum absolute atomic E-state index is 0.0809. The van der Waals surface area contributed by atoms with Crippen LogP contribution in [0.1, 0.15) is 18.5 Å². The number of rotatable bonds is 4. The summed E-state index contributed by atoms with van der Waals surface area (Å²) < 4.78 is 6.69. The van der Waals surface area contributed by atoms with Crippen molar-refractivity contribution in [2.24, 2.45) is 0 Å². The molecular weight excluding hydrogens is 327 g/mol. The highest BCUT2D eigenvalue weighted by atomic mass is 35.5. The predicted molar refractivity (Wildman–Crippen MR) is 88.3 cm³/mol. The van der Waals surface area contributed by atoms with E-state index in [-0.39, 0.29) is 6.04 Å². The van der Waals surface area contributed by atoms with Crippen LogP contribution in [0.2, 0.25) is 8.67 Å². The van der Waals surface area contributed by atoms with Crippen molar-refractivity contribution < 1.29 is 4.42 Å². The maximum Gasteiger partial charge on any atom is 0.181 e. The quantitative estimate of drug-likeness (QED) is 0.645. The molecule has 1 atom stereocenters. The predicted octanol–water partition coefficient (Wildman–Crippen LogP) is 5.88. The van der Waals surface area contributed by atoms with Crippen molar-refractivity contribution in [1.82, 2.24) is 4.98 Å². The molecule has 3 rings (SSSR count). The lowest BCUT2D eigenvalue weighted by atomic mass is 10.1. The van der Waals surface area contributed by atoms with E-state index in [0.717, 1.165) is 26.9 Å². The summed E-state index contributed by atoms with van der Waals surface area (Å²) in [5.74, 6) is 0.752. The second kappa shape index (κ2) is 6.10. The number of halogens is 2. The fraction of sp³-hybridized carbons (Fsp3) is 0.133. The molecule has 6 heteroatoms. The van der Waals surface area contributed by atoms with Gasteiger partial charge in [0.05, 0.1) is 20.9 Å². The van der Waals surface area contributed by atoms with Gasteiger partial charge in [-0.3, -0.25) is 0 Å². The Morgan fingerprint density at radius 3 is 2.57 bits per heavy atom. The van der Waals surface area contributed by atoms with Gasteiger partial charge < -0.3 is 9.73 Å². The molecule has 108 valence electrons. The lowest BCUT2D eigenvalue weighted by molar-refractivity contribution is 0.572. The standard InChI is InChI=1S/C15H12Cl2N2OS/c1-9(12-6-14(16)21-15(12)17)19-11-4-2-10(3-5-11)13-7-18-8-20-13/h2-9,19H,1H3. The molecule has 1 N–H and O–H groups in total. The van der Waals surface area contributed by atoms with Crippen LogP contribution in [0.15, 0.2) is 47.3 Å². The first-order valence-electron chi connectivity index (χ1n) is 6.33. The normalized spacial score (nSPS) is 12.3. The van der Waals surface area contributed by atoms with Gasteiger partial charge in [0.1, 0.15) is 0 Å². The van der Waals surface area contributed by atoms with Crippen molar-refractivity contribution in [3.8, 4) is 11.3 Å². The number of nitrogens with zero attached hydrogens (tertiary/aromatic N) is 1. The molecule has 0 aliphatic heterocycles. The largest absolute Gasteiger partial charge is 0.444 e. The van der Waals surface area contributed by atoms with Gasteiger partial charge in [0.15, 0.2) is 12.2 Å². The topological polar surface area (TPSA) is 38.1 Å². The first-order valence-corrected chi connectivity index (χ1v) is 7.91. The van der Waals surface area contributed by atoms with Crippen molar-refractivity contribution >= 4 is 40.2 Å². The Labute approximate surface area is 136 Å². The SMILES string of the molecule is CC(Nc1ccc(-c2cnco2)cc1)c1cc(Cl)sc1Cl. The van der Waals surface area contributed by atoms with Gasteiger partial charge in [-0.2, -0.15) is 0 Å². The third-order valence-electron chi connectivity index (χ3n) is 3.13. The molecule has 21 heavy (non-hydrogen) atoms.